The Bertz CT molecular complexity index is 366. The highest BCUT2D eigenvalue weighted by atomic mass is 35.5. The SMILES string of the molecule is CN(C)C(=S)c1cccc(C(C)(C)Cl)c1. The summed E-state index contributed by atoms with van der Waals surface area (Å²) in [4.78, 5) is 2.41. The predicted molar refractivity (Wildman–Crippen MR) is 70.7 cm³/mol. The lowest BCUT2D eigenvalue weighted by Gasteiger charge is -2.19. The smallest absolute Gasteiger partial charge is 0.108 e. The van der Waals surface area contributed by atoms with Crippen molar-refractivity contribution in [2.75, 3.05) is 14.1 Å². The Morgan fingerprint density at radius 1 is 1.33 bits per heavy atom. The highest BCUT2D eigenvalue weighted by Gasteiger charge is 2.17. The van der Waals surface area contributed by atoms with Crippen LogP contribution in [0.25, 0.3) is 0 Å². The average Bonchev–Trinajstić information content (AvgIpc) is 2.15. The molecule has 0 bridgehead atoms. The number of hydrogen-bond acceptors (Lipinski definition) is 1. The molecule has 1 nitrogen and oxygen atoms in total. The Hall–Kier alpha value is -0.600. The van der Waals surface area contributed by atoms with Gasteiger partial charge in [0.05, 0.1) is 4.87 Å². The van der Waals surface area contributed by atoms with E-state index in [1.165, 1.54) is 0 Å². The second-order valence-electron chi connectivity index (χ2n) is 4.25. The molecule has 1 aromatic carbocycles. The van der Waals surface area contributed by atoms with Crippen LogP contribution in [0.3, 0.4) is 0 Å². The molecular weight excluding hydrogens is 226 g/mol. The van der Waals surface area contributed by atoms with Crippen molar-refractivity contribution in [3.63, 3.8) is 0 Å². The normalized spacial score (nSPS) is 11.3. The van der Waals surface area contributed by atoms with Crippen LogP contribution in [0, 0.1) is 0 Å². The van der Waals surface area contributed by atoms with Crippen molar-refractivity contribution in [3.8, 4) is 0 Å². The summed E-state index contributed by atoms with van der Waals surface area (Å²) in [6.45, 7) is 3.96. The van der Waals surface area contributed by atoms with E-state index in [-0.39, 0.29) is 4.87 Å². The molecule has 0 aromatic heterocycles. The molecule has 0 atom stereocenters. The first kappa shape index (κ1) is 12.5. The van der Waals surface area contributed by atoms with E-state index in [4.69, 9.17) is 23.8 Å². The van der Waals surface area contributed by atoms with Gasteiger partial charge in [0.15, 0.2) is 0 Å². The summed E-state index contributed by atoms with van der Waals surface area (Å²) in [5.41, 5.74) is 2.13. The van der Waals surface area contributed by atoms with Gasteiger partial charge >= 0.3 is 0 Å². The van der Waals surface area contributed by atoms with Gasteiger partial charge < -0.3 is 4.90 Å². The molecule has 0 amide bonds. The summed E-state index contributed by atoms with van der Waals surface area (Å²) >= 11 is 11.6. The Balaban J connectivity index is 3.09. The van der Waals surface area contributed by atoms with E-state index in [9.17, 15) is 0 Å². The summed E-state index contributed by atoms with van der Waals surface area (Å²) in [6.07, 6.45) is 0. The van der Waals surface area contributed by atoms with E-state index < -0.39 is 0 Å². The van der Waals surface area contributed by atoms with E-state index in [1.807, 2.05) is 51.0 Å². The maximum absolute atomic E-state index is 6.26. The van der Waals surface area contributed by atoms with Crippen molar-refractivity contribution in [2.45, 2.75) is 18.7 Å². The number of benzene rings is 1. The van der Waals surface area contributed by atoms with Crippen LogP contribution in [0.5, 0.6) is 0 Å². The monoisotopic (exact) mass is 241 g/mol. The molecule has 0 saturated carbocycles. The first-order valence-corrected chi connectivity index (χ1v) is 5.62. The van der Waals surface area contributed by atoms with Crippen LogP contribution in [-0.2, 0) is 4.87 Å². The van der Waals surface area contributed by atoms with Gasteiger partial charge in [-0.05, 0) is 25.5 Å². The molecule has 1 aromatic rings. The van der Waals surface area contributed by atoms with Crippen molar-refractivity contribution in [1.29, 1.82) is 0 Å². The zero-order chi connectivity index (χ0) is 11.6. The summed E-state index contributed by atoms with van der Waals surface area (Å²) in [5.74, 6) is 0. The highest BCUT2D eigenvalue weighted by Crippen LogP contribution is 2.28. The molecular formula is C12H16ClNS. The molecule has 0 aliphatic carbocycles. The van der Waals surface area contributed by atoms with E-state index in [0.717, 1.165) is 16.1 Å². The van der Waals surface area contributed by atoms with E-state index >= 15 is 0 Å². The lowest BCUT2D eigenvalue weighted by Crippen LogP contribution is -2.21. The fraction of sp³-hybridized carbons (Fsp3) is 0.417. The first-order valence-electron chi connectivity index (χ1n) is 4.83. The second-order valence-corrected chi connectivity index (χ2v) is 5.58. The summed E-state index contributed by atoms with van der Waals surface area (Å²) in [7, 11) is 3.89. The van der Waals surface area contributed by atoms with E-state index in [0.29, 0.717) is 0 Å². The molecule has 0 N–H and O–H groups in total. The van der Waals surface area contributed by atoms with Crippen molar-refractivity contribution < 1.29 is 0 Å². The molecule has 0 saturated heterocycles. The molecule has 0 aliphatic rings. The van der Waals surface area contributed by atoms with Gasteiger partial charge in [-0.1, -0.05) is 30.4 Å². The predicted octanol–water partition coefficient (Wildman–Crippen LogP) is 3.40. The second kappa shape index (κ2) is 4.50. The molecule has 3 heteroatoms. The molecule has 0 unspecified atom stereocenters. The third-order valence-electron chi connectivity index (χ3n) is 2.20. The lowest BCUT2D eigenvalue weighted by molar-refractivity contribution is 0.636. The van der Waals surface area contributed by atoms with Gasteiger partial charge in [-0.25, -0.2) is 0 Å². The number of nitrogens with zero attached hydrogens (tertiary/aromatic N) is 1. The van der Waals surface area contributed by atoms with Crippen LogP contribution in [0.1, 0.15) is 25.0 Å². The van der Waals surface area contributed by atoms with Crippen LogP contribution < -0.4 is 0 Å². The molecule has 82 valence electrons. The third kappa shape index (κ3) is 3.18. The van der Waals surface area contributed by atoms with Crippen LogP contribution in [0.15, 0.2) is 24.3 Å². The fourth-order valence-corrected chi connectivity index (χ4v) is 1.52. The largest absolute Gasteiger partial charge is 0.368 e. The molecule has 0 radical (unpaired) electrons. The maximum atomic E-state index is 6.26. The zero-order valence-corrected chi connectivity index (χ0v) is 11.1. The highest BCUT2D eigenvalue weighted by molar-refractivity contribution is 7.80. The van der Waals surface area contributed by atoms with Gasteiger partial charge in [-0.15, -0.1) is 11.6 Å². The minimum atomic E-state index is -0.349. The van der Waals surface area contributed by atoms with Crippen LogP contribution >= 0.6 is 23.8 Å². The summed E-state index contributed by atoms with van der Waals surface area (Å²) in [6, 6.07) is 8.07. The topological polar surface area (TPSA) is 3.24 Å². The van der Waals surface area contributed by atoms with E-state index in [1.54, 1.807) is 0 Å². The van der Waals surface area contributed by atoms with Crippen LogP contribution in [0.2, 0.25) is 0 Å². The number of hydrogen-bond donors (Lipinski definition) is 0. The average molecular weight is 242 g/mol. The molecule has 0 fully saturated rings. The molecule has 0 heterocycles. The van der Waals surface area contributed by atoms with Crippen molar-refractivity contribution >= 4 is 28.8 Å². The number of halogens is 1. The number of alkyl halides is 1. The first-order chi connectivity index (χ1) is 6.82. The van der Waals surface area contributed by atoms with Gasteiger partial charge in [0.1, 0.15) is 4.99 Å². The zero-order valence-electron chi connectivity index (χ0n) is 9.54. The molecule has 0 aliphatic heterocycles. The van der Waals surface area contributed by atoms with Gasteiger partial charge in [0.25, 0.3) is 0 Å². The molecule has 0 spiro atoms. The van der Waals surface area contributed by atoms with Crippen molar-refractivity contribution in [3.05, 3.63) is 35.4 Å². The Morgan fingerprint density at radius 2 is 1.93 bits per heavy atom. The number of rotatable bonds is 2. The third-order valence-corrected chi connectivity index (χ3v) is 3.02. The lowest BCUT2D eigenvalue weighted by atomic mass is 10.00. The van der Waals surface area contributed by atoms with Gasteiger partial charge in [-0.2, -0.15) is 0 Å². The standard InChI is InChI=1S/C12H16ClNS/c1-12(2,13)10-7-5-6-9(8-10)11(15)14(3)4/h5-8H,1-4H3. The minimum absolute atomic E-state index is 0.349. The van der Waals surface area contributed by atoms with Gasteiger partial charge in [0, 0.05) is 19.7 Å². The van der Waals surface area contributed by atoms with Crippen LogP contribution in [0.4, 0.5) is 0 Å². The fourth-order valence-electron chi connectivity index (χ4n) is 1.28. The van der Waals surface area contributed by atoms with Crippen molar-refractivity contribution in [1.82, 2.24) is 4.90 Å². The summed E-state index contributed by atoms with van der Waals surface area (Å²) in [5, 5.41) is 0. The molecule has 1 rings (SSSR count). The van der Waals surface area contributed by atoms with Gasteiger partial charge in [0.2, 0.25) is 0 Å². The minimum Gasteiger partial charge on any atom is -0.368 e. The maximum Gasteiger partial charge on any atom is 0.108 e. The molecule has 15 heavy (non-hydrogen) atoms. The Labute approximate surface area is 102 Å². The summed E-state index contributed by atoms with van der Waals surface area (Å²) < 4.78 is 0. The van der Waals surface area contributed by atoms with Crippen molar-refractivity contribution in [2.24, 2.45) is 0 Å². The Kier molecular flexibility index (Phi) is 3.74. The quantitative estimate of drug-likeness (QED) is 0.577. The van der Waals surface area contributed by atoms with E-state index in [2.05, 4.69) is 6.07 Å². The van der Waals surface area contributed by atoms with Gasteiger partial charge in [-0.3, -0.25) is 0 Å². The Morgan fingerprint density at radius 3 is 2.40 bits per heavy atom. The number of thiocarbonyl (C=S) groups is 1. The van der Waals surface area contributed by atoms with Crippen LogP contribution in [-0.4, -0.2) is 24.0 Å².